The summed E-state index contributed by atoms with van der Waals surface area (Å²) in [5.74, 6) is 0.662. The molecule has 0 saturated heterocycles. The minimum Gasteiger partial charge on any atom is -0.493 e. The first-order chi connectivity index (χ1) is 13.5. The summed E-state index contributed by atoms with van der Waals surface area (Å²) in [6, 6.07) is 11.4. The van der Waals surface area contributed by atoms with Crippen molar-refractivity contribution in [2.75, 3.05) is 13.7 Å². The molecule has 1 aliphatic rings. The molecule has 2 aromatic carbocycles. The van der Waals surface area contributed by atoms with Gasteiger partial charge in [-0.3, -0.25) is 20.2 Å². The number of benzene rings is 2. The summed E-state index contributed by atoms with van der Waals surface area (Å²) in [6.45, 7) is 2.40. The van der Waals surface area contributed by atoms with Gasteiger partial charge in [-0.05, 0) is 48.9 Å². The molecule has 0 aliphatic carbocycles. The number of nitrogens with one attached hydrogen (secondary N) is 2. The minimum absolute atomic E-state index is 0.106. The molecule has 2 N–H and O–H groups in total. The van der Waals surface area contributed by atoms with Crippen molar-refractivity contribution < 1.29 is 19.1 Å². The van der Waals surface area contributed by atoms with Crippen LogP contribution in [-0.4, -0.2) is 31.5 Å². The maximum atomic E-state index is 12.4. The fraction of sp³-hybridized carbons (Fsp3) is 0.250. The van der Waals surface area contributed by atoms with Crippen molar-refractivity contribution in [3.8, 4) is 11.5 Å². The van der Waals surface area contributed by atoms with E-state index in [4.69, 9.17) is 21.1 Å². The Bertz CT molecular complexity index is 912. The molecular formula is C20H20ClN3O4. The van der Waals surface area contributed by atoms with E-state index in [-0.39, 0.29) is 24.2 Å². The second-order valence-electron chi connectivity index (χ2n) is 6.05. The third-order valence-corrected chi connectivity index (χ3v) is 4.38. The predicted molar refractivity (Wildman–Crippen MR) is 106 cm³/mol. The fourth-order valence-electron chi connectivity index (χ4n) is 2.80. The molecule has 0 unspecified atom stereocenters. The van der Waals surface area contributed by atoms with Gasteiger partial charge in [0.2, 0.25) is 11.9 Å². The number of hydrogen-bond donors (Lipinski definition) is 2. The normalized spacial score (nSPS) is 16.0. The van der Waals surface area contributed by atoms with Gasteiger partial charge in [0.25, 0.3) is 5.91 Å². The second-order valence-corrected chi connectivity index (χ2v) is 6.49. The Morgan fingerprint density at radius 1 is 1.25 bits per heavy atom. The van der Waals surface area contributed by atoms with Crippen LogP contribution in [0.2, 0.25) is 5.02 Å². The van der Waals surface area contributed by atoms with Crippen molar-refractivity contribution >= 4 is 29.4 Å². The first-order valence-electron chi connectivity index (χ1n) is 8.75. The summed E-state index contributed by atoms with van der Waals surface area (Å²) in [5, 5.41) is 5.74. The Balaban J connectivity index is 1.81. The van der Waals surface area contributed by atoms with Crippen LogP contribution in [0.1, 0.15) is 35.3 Å². The monoisotopic (exact) mass is 401 g/mol. The van der Waals surface area contributed by atoms with E-state index < -0.39 is 6.04 Å². The van der Waals surface area contributed by atoms with Gasteiger partial charge in [-0.1, -0.05) is 17.7 Å². The number of carbonyl (C=O) groups excluding carboxylic acids is 2. The molecule has 1 aliphatic heterocycles. The van der Waals surface area contributed by atoms with E-state index in [0.717, 1.165) is 5.56 Å². The SMILES string of the molecule is CCOc1ccc([C@@H]2CC(=O)NC(NC(=O)c3ccc(Cl)cc3)=N2)cc1OC. The molecule has 0 radical (unpaired) electrons. The number of aliphatic imine (C=N–C) groups is 1. The highest BCUT2D eigenvalue weighted by molar-refractivity contribution is 6.30. The van der Waals surface area contributed by atoms with Gasteiger partial charge in [0.1, 0.15) is 0 Å². The van der Waals surface area contributed by atoms with Crippen LogP contribution in [0.4, 0.5) is 0 Å². The van der Waals surface area contributed by atoms with Crippen LogP contribution in [0.15, 0.2) is 47.5 Å². The number of hydrogen-bond acceptors (Lipinski definition) is 5. The zero-order valence-electron chi connectivity index (χ0n) is 15.5. The Hall–Kier alpha value is -3.06. The lowest BCUT2D eigenvalue weighted by atomic mass is 10.0. The van der Waals surface area contributed by atoms with Crippen LogP contribution in [0, 0.1) is 0 Å². The van der Waals surface area contributed by atoms with E-state index in [1.54, 1.807) is 43.5 Å². The summed E-state index contributed by atoms with van der Waals surface area (Å²) >= 11 is 5.84. The lowest BCUT2D eigenvalue weighted by Crippen LogP contribution is -2.47. The number of ether oxygens (including phenoxy) is 2. The molecule has 8 heteroatoms. The third-order valence-electron chi connectivity index (χ3n) is 4.13. The highest BCUT2D eigenvalue weighted by atomic mass is 35.5. The van der Waals surface area contributed by atoms with E-state index in [9.17, 15) is 9.59 Å². The summed E-state index contributed by atoms with van der Waals surface area (Å²) in [4.78, 5) is 29.0. The van der Waals surface area contributed by atoms with Gasteiger partial charge >= 0.3 is 0 Å². The average Bonchev–Trinajstić information content (AvgIpc) is 2.68. The smallest absolute Gasteiger partial charge is 0.257 e. The first-order valence-corrected chi connectivity index (χ1v) is 9.13. The topological polar surface area (TPSA) is 89.0 Å². The van der Waals surface area contributed by atoms with E-state index in [2.05, 4.69) is 15.6 Å². The quantitative estimate of drug-likeness (QED) is 0.805. The molecule has 28 heavy (non-hydrogen) atoms. The number of carbonyl (C=O) groups is 2. The van der Waals surface area contributed by atoms with E-state index in [1.807, 2.05) is 13.0 Å². The lowest BCUT2D eigenvalue weighted by Gasteiger charge is -2.22. The second kappa shape index (κ2) is 8.75. The third kappa shape index (κ3) is 4.61. The molecule has 2 aromatic rings. The number of amides is 2. The standard InChI is InChI=1S/C20H20ClN3O4/c1-3-28-16-9-6-13(10-17(16)27-2)15-11-18(25)23-20(22-15)24-19(26)12-4-7-14(21)8-5-12/h4-10,15H,3,11H2,1-2H3,(H2,22,23,24,25,26)/t15-/m0/s1. The largest absolute Gasteiger partial charge is 0.493 e. The molecule has 2 amide bonds. The molecule has 0 spiro atoms. The Morgan fingerprint density at radius 2 is 2.00 bits per heavy atom. The summed E-state index contributed by atoms with van der Waals surface area (Å²) in [6.07, 6.45) is 0.164. The van der Waals surface area contributed by atoms with Crippen molar-refractivity contribution in [3.05, 3.63) is 58.6 Å². The molecule has 0 bridgehead atoms. The summed E-state index contributed by atoms with van der Waals surface area (Å²) in [5.41, 5.74) is 1.19. The molecule has 0 aromatic heterocycles. The van der Waals surface area contributed by atoms with Gasteiger partial charge in [0, 0.05) is 10.6 Å². The summed E-state index contributed by atoms with van der Waals surface area (Å²) < 4.78 is 10.9. The maximum Gasteiger partial charge on any atom is 0.257 e. The van der Waals surface area contributed by atoms with Gasteiger partial charge in [0.15, 0.2) is 11.5 Å². The minimum atomic E-state index is -0.446. The average molecular weight is 402 g/mol. The van der Waals surface area contributed by atoms with Crippen LogP contribution >= 0.6 is 11.6 Å². The Kier molecular flexibility index (Phi) is 6.16. The van der Waals surface area contributed by atoms with Gasteiger partial charge in [0.05, 0.1) is 26.2 Å². The van der Waals surface area contributed by atoms with Crippen LogP contribution in [0.5, 0.6) is 11.5 Å². The van der Waals surface area contributed by atoms with Crippen LogP contribution < -0.4 is 20.1 Å². The molecule has 1 atom stereocenters. The van der Waals surface area contributed by atoms with Gasteiger partial charge in [-0.25, -0.2) is 4.99 Å². The predicted octanol–water partition coefficient (Wildman–Crippen LogP) is 3.09. The van der Waals surface area contributed by atoms with Crippen molar-refractivity contribution in [1.82, 2.24) is 10.6 Å². The highest BCUT2D eigenvalue weighted by Crippen LogP contribution is 2.33. The number of guanidine groups is 1. The number of nitrogens with zero attached hydrogens (tertiary/aromatic N) is 1. The van der Waals surface area contributed by atoms with Gasteiger partial charge < -0.3 is 9.47 Å². The van der Waals surface area contributed by atoms with Crippen molar-refractivity contribution in [3.63, 3.8) is 0 Å². The zero-order chi connectivity index (χ0) is 20.1. The maximum absolute atomic E-state index is 12.4. The van der Waals surface area contributed by atoms with Crippen molar-refractivity contribution in [1.29, 1.82) is 0 Å². The number of rotatable bonds is 5. The molecule has 7 nitrogen and oxygen atoms in total. The molecular weight excluding hydrogens is 382 g/mol. The zero-order valence-corrected chi connectivity index (χ0v) is 16.2. The van der Waals surface area contributed by atoms with E-state index in [1.165, 1.54) is 0 Å². The van der Waals surface area contributed by atoms with Crippen molar-refractivity contribution in [2.45, 2.75) is 19.4 Å². The number of methoxy groups -OCH3 is 1. The highest BCUT2D eigenvalue weighted by Gasteiger charge is 2.24. The Labute approximate surface area is 167 Å². The Morgan fingerprint density at radius 3 is 2.68 bits per heavy atom. The number of halogens is 1. The summed E-state index contributed by atoms with van der Waals surface area (Å²) in [7, 11) is 1.55. The van der Waals surface area contributed by atoms with Crippen LogP contribution in [0.25, 0.3) is 0 Å². The van der Waals surface area contributed by atoms with Crippen LogP contribution in [-0.2, 0) is 4.79 Å². The van der Waals surface area contributed by atoms with E-state index in [0.29, 0.717) is 28.7 Å². The molecule has 146 valence electrons. The molecule has 0 saturated carbocycles. The van der Waals surface area contributed by atoms with Gasteiger partial charge in [-0.2, -0.15) is 0 Å². The van der Waals surface area contributed by atoms with E-state index >= 15 is 0 Å². The van der Waals surface area contributed by atoms with Gasteiger partial charge in [-0.15, -0.1) is 0 Å². The fourth-order valence-corrected chi connectivity index (χ4v) is 2.92. The molecule has 0 fully saturated rings. The van der Waals surface area contributed by atoms with Crippen molar-refractivity contribution in [2.24, 2.45) is 4.99 Å². The molecule has 1 heterocycles. The molecule has 3 rings (SSSR count). The lowest BCUT2D eigenvalue weighted by molar-refractivity contribution is -0.120. The van der Waals surface area contributed by atoms with Crippen LogP contribution in [0.3, 0.4) is 0 Å². The first kappa shape index (κ1) is 19.7.